The van der Waals surface area contributed by atoms with Crippen molar-refractivity contribution in [3.05, 3.63) is 22.8 Å². The fraction of sp³-hybridized carbons (Fsp3) is 0.667. The van der Waals surface area contributed by atoms with Crippen molar-refractivity contribution in [2.75, 3.05) is 0 Å². The minimum absolute atomic E-state index is 0. The minimum Gasteiger partial charge on any atom is -0.548 e. The first kappa shape index (κ1) is 16.8. The third-order valence-electron chi connectivity index (χ3n) is 2.69. The molecule has 1 aliphatic heterocycles. The van der Waals surface area contributed by atoms with Crippen molar-refractivity contribution in [1.82, 2.24) is 4.67 Å². The van der Waals surface area contributed by atoms with E-state index in [4.69, 9.17) is 12.2 Å². The molecule has 1 atom stereocenters. The molecule has 0 amide bonds. The Morgan fingerprint density at radius 1 is 1.19 bits per heavy atom. The molecule has 0 aromatic heterocycles. The second-order valence-electron chi connectivity index (χ2n) is 4.74. The predicted molar refractivity (Wildman–Crippen MR) is 72.6 cm³/mol. The van der Waals surface area contributed by atoms with E-state index in [-0.39, 0.29) is 18.9 Å². The molecule has 0 N–H and O–H groups in total. The van der Waals surface area contributed by atoms with Crippen LogP contribution in [0.4, 0.5) is 0 Å². The molecular weight excluding hydrogens is 228 g/mol. The Hall–Kier alpha value is 0.817. The van der Waals surface area contributed by atoms with E-state index in [1.165, 1.54) is 11.1 Å². The third kappa shape index (κ3) is 3.41. The normalized spacial score (nSPS) is 24.9. The molecular formula is C12H21LiNPS. The second-order valence-corrected chi connectivity index (χ2v) is 8.60. The zero-order valence-electron chi connectivity index (χ0n) is 11.5. The van der Waals surface area contributed by atoms with Gasteiger partial charge in [0.1, 0.15) is 0 Å². The molecule has 0 aromatic carbocycles. The van der Waals surface area contributed by atoms with Crippen molar-refractivity contribution in [2.24, 2.45) is 0 Å². The first-order chi connectivity index (χ1) is 6.78. The van der Waals surface area contributed by atoms with Crippen molar-refractivity contribution in [1.29, 1.82) is 0 Å². The molecule has 86 valence electrons. The molecule has 0 aromatic rings. The van der Waals surface area contributed by atoms with Gasteiger partial charge in [0.15, 0.2) is 0 Å². The van der Waals surface area contributed by atoms with E-state index in [0.717, 1.165) is 0 Å². The molecule has 0 bridgehead atoms. The van der Waals surface area contributed by atoms with Crippen LogP contribution in [0.5, 0.6) is 0 Å². The van der Waals surface area contributed by atoms with E-state index >= 15 is 0 Å². The van der Waals surface area contributed by atoms with Gasteiger partial charge in [-0.05, 0) is 33.5 Å². The monoisotopic (exact) mass is 249 g/mol. The second kappa shape index (κ2) is 6.12. The molecule has 0 saturated heterocycles. The van der Waals surface area contributed by atoms with Gasteiger partial charge in [0.25, 0.3) is 0 Å². The smallest absolute Gasteiger partial charge is 0.548 e. The largest absolute Gasteiger partial charge is 1.00 e. The van der Waals surface area contributed by atoms with Gasteiger partial charge in [-0.3, -0.25) is 0 Å². The van der Waals surface area contributed by atoms with Crippen LogP contribution >= 0.6 is 6.62 Å². The summed E-state index contributed by atoms with van der Waals surface area (Å²) in [5, 5.41) is 0. The van der Waals surface area contributed by atoms with Crippen LogP contribution in [0.1, 0.15) is 41.5 Å². The topological polar surface area (TPSA) is 3.24 Å². The Balaban J connectivity index is 0.00000225. The van der Waals surface area contributed by atoms with Crippen molar-refractivity contribution in [3.63, 3.8) is 0 Å². The first-order valence-electron chi connectivity index (χ1n) is 5.48. The molecule has 1 rings (SSSR count). The molecule has 0 spiro atoms. The van der Waals surface area contributed by atoms with E-state index in [0.29, 0.717) is 12.1 Å². The van der Waals surface area contributed by atoms with Crippen LogP contribution in [0, 0.1) is 5.82 Å². The van der Waals surface area contributed by atoms with Crippen LogP contribution in [0.2, 0.25) is 0 Å². The summed E-state index contributed by atoms with van der Waals surface area (Å²) in [6, 6.07) is 0.969. The summed E-state index contributed by atoms with van der Waals surface area (Å²) in [6.07, 6.45) is 0. The molecule has 0 fully saturated rings. The van der Waals surface area contributed by atoms with Crippen molar-refractivity contribution in [3.8, 4) is 0 Å². The van der Waals surface area contributed by atoms with E-state index in [2.05, 4.69) is 57.8 Å². The summed E-state index contributed by atoms with van der Waals surface area (Å²) >= 11 is 5.82. The molecule has 1 unspecified atom stereocenters. The standard InChI is InChI=1S/C12H21NPS.Li/c1-9(2)13(10(3)4)14(15)7-11(5)12(6)8-14;/h7,9-10H,1-6H3;/q-1;+1. The summed E-state index contributed by atoms with van der Waals surface area (Å²) in [5.41, 5.74) is 2.55. The number of allylic oxidation sites excluding steroid dienone is 2. The maximum Gasteiger partial charge on any atom is 1.00 e. The number of nitrogens with zero attached hydrogens (tertiary/aromatic N) is 1. The van der Waals surface area contributed by atoms with Gasteiger partial charge in [0, 0.05) is 12.1 Å². The minimum atomic E-state index is -1.69. The van der Waals surface area contributed by atoms with Gasteiger partial charge < -0.3 is 12.2 Å². The molecule has 0 saturated carbocycles. The van der Waals surface area contributed by atoms with Crippen molar-refractivity contribution < 1.29 is 18.9 Å². The van der Waals surface area contributed by atoms with Crippen LogP contribution in [-0.4, -0.2) is 16.8 Å². The summed E-state index contributed by atoms with van der Waals surface area (Å²) in [4.78, 5) is 0. The molecule has 16 heavy (non-hydrogen) atoms. The van der Waals surface area contributed by atoms with E-state index < -0.39 is 6.62 Å². The predicted octanol–water partition coefficient (Wildman–Crippen LogP) is 1.13. The maximum atomic E-state index is 5.82. The van der Waals surface area contributed by atoms with Crippen LogP contribution < -0.4 is 18.9 Å². The molecule has 0 aliphatic carbocycles. The number of rotatable bonds is 3. The van der Waals surface area contributed by atoms with Gasteiger partial charge in [-0.15, -0.1) is 6.92 Å². The zero-order chi connectivity index (χ0) is 11.8. The summed E-state index contributed by atoms with van der Waals surface area (Å²) in [7, 11) is 0. The Kier molecular flexibility index (Phi) is 6.43. The van der Waals surface area contributed by atoms with Crippen LogP contribution in [-0.2, 0) is 12.2 Å². The quantitative estimate of drug-likeness (QED) is 0.319. The Labute approximate surface area is 118 Å². The number of hydrogen-bond donors (Lipinski definition) is 0. The first-order valence-corrected chi connectivity index (χ1v) is 8.30. The van der Waals surface area contributed by atoms with Gasteiger partial charge in [-0.25, -0.2) is 4.67 Å². The number of hydrogen-bond acceptors (Lipinski definition) is 2. The van der Waals surface area contributed by atoms with Gasteiger partial charge in [0.05, 0.1) is 0 Å². The average Bonchev–Trinajstić information content (AvgIpc) is 2.23. The summed E-state index contributed by atoms with van der Waals surface area (Å²) < 4.78 is 2.43. The Morgan fingerprint density at radius 3 is 1.88 bits per heavy atom. The Morgan fingerprint density at radius 2 is 1.62 bits per heavy atom. The van der Waals surface area contributed by atoms with Crippen LogP contribution in [0.15, 0.2) is 17.0 Å². The molecule has 1 nitrogen and oxygen atoms in total. The molecule has 4 heteroatoms. The zero-order valence-corrected chi connectivity index (χ0v) is 13.2. The molecule has 0 radical (unpaired) electrons. The SMILES string of the molecule is CC1=[C-][P+]([S-])(N(C(C)C)C(C)C)C=C1C.[Li+]. The van der Waals surface area contributed by atoms with E-state index in [1.807, 2.05) is 0 Å². The van der Waals surface area contributed by atoms with Crippen molar-refractivity contribution >= 4 is 18.9 Å². The van der Waals surface area contributed by atoms with Gasteiger partial charge in [-0.2, -0.15) is 11.1 Å². The van der Waals surface area contributed by atoms with Gasteiger partial charge in [0.2, 0.25) is 0 Å². The summed E-state index contributed by atoms with van der Waals surface area (Å²) in [5.74, 6) is 5.78. The van der Waals surface area contributed by atoms with Gasteiger partial charge >= 0.3 is 18.9 Å². The maximum absolute atomic E-state index is 5.82. The van der Waals surface area contributed by atoms with Gasteiger partial charge in [-0.1, -0.05) is 19.4 Å². The fourth-order valence-electron chi connectivity index (χ4n) is 2.13. The van der Waals surface area contributed by atoms with Crippen LogP contribution in [0.25, 0.3) is 0 Å². The van der Waals surface area contributed by atoms with Crippen molar-refractivity contribution in [2.45, 2.75) is 53.6 Å². The third-order valence-corrected chi connectivity index (χ3v) is 6.85. The average molecular weight is 249 g/mol. The fourth-order valence-corrected chi connectivity index (χ4v) is 7.20. The van der Waals surface area contributed by atoms with E-state index in [9.17, 15) is 0 Å². The molecule has 1 aliphatic rings. The summed E-state index contributed by atoms with van der Waals surface area (Å²) in [6.45, 7) is 11.4. The molecule has 1 heterocycles. The van der Waals surface area contributed by atoms with Crippen LogP contribution in [0.3, 0.4) is 0 Å². The van der Waals surface area contributed by atoms with E-state index in [1.54, 1.807) is 0 Å². The Bertz CT molecular complexity index is 284.